The molecule has 0 spiro atoms. The molecule has 672 valence electrons. The van der Waals surface area contributed by atoms with E-state index in [1.807, 2.05) is 248 Å². The van der Waals surface area contributed by atoms with Gasteiger partial charge in [-0.05, 0) is 175 Å². The molecule has 0 bridgehead atoms. The summed E-state index contributed by atoms with van der Waals surface area (Å²) in [7, 11) is 0. The maximum absolute atomic E-state index is 11.6. The van der Waals surface area contributed by atoms with E-state index in [1.165, 1.54) is 23.5 Å². The fourth-order valence-corrected chi connectivity index (χ4v) is 18.0. The second-order valence-electron chi connectivity index (χ2n) is 32.3. The van der Waals surface area contributed by atoms with Gasteiger partial charge < -0.3 is 30.6 Å². The van der Waals surface area contributed by atoms with Crippen LogP contribution in [0.25, 0.3) is 83.9 Å². The minimum Gasteiger partial charge on any atom is -0.478 e. The smallest absolute Gasteiger partial charge is 0.355 e. The summed E-state index contributed by atoms with van der Waals surface area (Å²) in [5.41, 5.74) is 29.8. The van der Waals surface area contributed by atoms with E-state index in [0.29, 0.717) is 64.7 Å². The van der Waals surface area contributed by atoms with Crippen LogP contribution in [0.5, 0.6) is 0 Å². The third-order valence-electron chi connectivity index (χ3n) is 22.4. The lowest BCUT2D eigenvalue weighted by atomic mass is 9.97. The summed E-state index contributed by atoms with van der Waals surface area (Å²) < 4.78 is 9.17. The average molecular weight is 1870 g/mol. The highest BCUT2D eigenvalue weighted by molar-refractivity contribution is 7.97. The number of benzene rings is 8. The van der Waals surface area contributed by atoms with Crippen LogP contribution in [-0.2, 0) is 44.5 Å². The van der Waals surface area contributed by atoms with Crippen molar-refractivity contribution in [3.63, 3.8) is 0 Å². The van der Waals surface area contributed by atoms with Gasteiger partial charge in [0.1, 0.15) is 10.8 Å². The molecule has 23 nitrogen and oxygen atoms in total. The molecule has 0 amide bonds. The minimum atomic E-state index is -1.04. The molecule has 6 N–H and O–H groups in total. The standard InChI is InChI=1S/C24H22N2O2S.C23H20N2O3.C23H20N2O2.C20H14ClN3O2.C18H12ClN3O2S/c1-16-8-9-22-21(23(25-26(22)14-16)19-6-4-3-5-7-19)13-17-10-18(15-29-2)12-20(11-17)24(27)28;1-15-7-8-21-20(12-16-9-17(14-26)11-19(10-16)23(27)28)22(24-25(21)13-15)18-5-3-2-4-6-18;1-15-8-9-21-20(13-17-10-16(2)11-19(12-17)23(26)27)22(24-25(21)14-15)18-6-4-3-5-7-18;21-18-11-5-10-17-15(12-14-8-4-9-16(22-14)20(25)26)19(23-24(17)18)13-6-2-1-3-7-13;19-12-6-7-15-13(8-16-20-14(10-25-16)18(23)24)17(21-22(15)9-12)11-4-2-1-3-5-11/h3-12,14H,13,15H2,1-2H3,(H,27,28);2-11,13,26H,12,14H2,1H3,(H,27,28);3-12,14H,13H2,1-2H3,(H,26,27);1-11H,12H2,(H,25,26);1-7,9-10H,8H2,(H,23,24). The first-order valence-electron chi connectivity index (χ1n) is 42.9. The number of carboxylic acids is 5. The summed E-state index contributed by atoms with van der Waals surface area (Å²) in [4.78, 5) is 65.2. The van der Waals surface area contributed by atoms with Crippen molar-refractivity contribution in [2.24, 2.45) is 0 Å². The highest BCUT2D eigenvalue weighted by Gasteiger charge is 2.25. The number of hydrogen-bond donors (Lipinski definition) is 6. The molecule has 0 radical (unpaired) electrons. The number of thioether (sulfide) groups is 1. The van der Waals surface area contributed by atoms with Crippen LogP contribution in [0, 0.1) is 27.7 Å². The zero-order valence-electron chi connectivity index (χ0n) is 73.7. The Kier molecular flexibility index (Phi) is 28.6. The maximum atomic E-state index is 11.6. The van der Waals surface area contributed by atoms with Gasteiger partial charge in [0.25, 0.3) is 0 Å². The predicted molar refractivity (Wildman–Crippen MR) is 530 cm³/mol. The molecule has 0 atom stereocenters. The lowest BCUT2D eigenvalue weighted by Gasteiger charge is -2.09. The van der Waals surface area contributed by atoms with Gasteiger partial charge in [0.2, 0.25) is 0 Å². The molecule has 12 heterocycles. The highest BCUT2D eigenvalue weighted by Crippen LogP contribution is 2.37. The number of aromatic nitrogens is 12. The molecule has 0 unspecified atom stereocenters. The number of aromatic carboxylic acids is 5. The van der Waals surface area contributed by atoms with Gasteiger partial charge in [-0.25, -0.2) is 56.5 Å². The Bertz CT molecular complexity index is 7800. The quantitative estimate of drug-likeness (QED) is 0.0324. The third-order valence-corrected chi connectivity index (χ3v) is 24.4. The molecule has 20 rings (SSSR count). The van der Waals surface area contributed by atoms with Gasteiger partial charge in [0, 0.05) is 129 Å². The Morgan fingerprint density at radius 3 is 1.12 bits per heavy atom. The molecule has 8 aromatic carbocycles. The zero-order valence-corrected chi connectivity index (χ0v) is 76.9. The molecular weight excluding hydrogens is 1780 g/mol. The van der Waals surface area contributed by atoms with Crippen LogP contribution in [0.2, 0.25) is 10.2 Å². The normalized spacial score (nSPS) is 11.1. The van der Waals surface area contributed by atoms with Crippen molar-refractivity contribution in [3.05, 3.63) is 448 Å². The monoisotopic (exact) mass is 1860 g/mol. The molecule has 27 heteroatoms. The number of fused-ring (bicyclic) bond motifs is 5. The highest BCUT2D eigenvalue weighted by atomic mass is 35.5. The van der Waals surface area contributed by atoms with Crippen LogP contribution >= 0.6 is 46.3 Å². The number of nitrogens with zero attached hydrogens (tertiary/aromatic N) is 12. The van der Waals surface area contributed by atoms with E-state index in [9.17, 15) is 49.5 Å². The fraction of sp³-hybridized carbons (Fsp3) is 0.111. The van der Waals surface area contributed by atoms with Crippen LogP contribution in [0.15, 0.2) is 321 Å². The molecular formula is C108H88Cl2N12O11S2. The summed E-state index contributed by atoms with van der Waals surface area (Å²) in [5.74, 6) is -4.08. The van der Waals surface area contributed by atoms with Crippen LogP contribution in [0.3, 0.4) is 0 Å². The summed E-state index contributed by atoms with van der Waals surface area (Å²) in [6.45, 7) is 7.84. The number of thiazole rings is 1. The molecule has 12 aromatic heterocycles. The molecule has 0 aliphatic rings. The van der Waals surface area contributed by atoms with Crippen molar-refractivity contribution in [3.8, 4) is 56.3 Å². The van der Waals surface area contributed by atoms with E-state index in [1.54, 1.807) is 74.8 Å². The van der Waals surface area contributed by atoms with Crippen molar-refractivity contribution in [2.45, 2.75) is 72.2 Å². The van der Waals surface area contributed by atoms with Gasteiger partial charge in [0.15, 0.2) is 5.69 Å². The number of hydrogen-bond acceptors (Lipinski definition) is 15. The van der Waals surface area contributed by atoms with Crippen LogP contribution in [0.4, 0.5) is 0 Å². The van der Waals surface area contributed by atoms with Gasteiger partial charge in [0.05, 0.1) is 89.4 Å². The SMILES string of the molecule is CSCc1cc(Cc2c(-c3ccccc3)nn3cc(C)ccc23)cc(C(=O)O)c1.Cc1cc(Cc2c(-c3ccccc3)nn3cc(C)ccc23)cc(C(=O)O)c1.Cc1ccc2c(Cc3cc(CO)cc(C(=O)O)c3)c(-c3ccccc3)nn2c1.O=C(O)c1cccc(Cc2c(-c3ccccc3)nn3c(Cl)cccc23)n1.O=C(O)c1csc(Cc2c(-c3ccccc3)nn3cc(Cl)ccc23)n1. The summed E-state index contributed by atoms with van der Waals surface area (Å²) >= 11 is 15.4. The number of pyridine rings is 6. The van der Waals surface area contributed by atoms with Gasteiger partial charge in [-0.1, -0.05) is 223 Å². The number of halogens is 2. The molecule has 0 saturated carbocycles. The van der Waals surface area contributed by atoms with E-state index in [0.717, 1.165) is 167 Å². The first-order chi connectivity index (χ1) is 65.3. The largest absolute Gasteiger partial charge is 0.478 e. The molecule has 0 fully saturated rings. The topological polar surface area (TPSA) is 319 Å². The van der Waals surface area contributed by atoms with Crippen LogP contribution in [-0.4, -0.2) is 125 Å². The molecule has 0 aliphatic carbocycles. The summed E-state index contributed by atoms with van der Waals surface area (Å²) in [6, 6.07) is 92.8. The van der Waals surface area contributed by atoms with E-state index in [-0.39, 0.29) is 23.6 Å². The van der Waals surface area contributed by atoms with Crippen LogP contribution in [0.1, 0.15) is 141 Å². The van der Waals surface area contributed by atoms with Crippen molar-refractivity contribution < 1.29 is 54.6 Å². The number of carbonyl (C=O) groups is 5. The van der Waals surface area contributed by atoms with Crippen LogP contribution < -0.4 is 0 Å². The Labute approximate surface area is 793 Å². The second kappa shape index (κ2) is 41.8. The number of aliphatic hydroxyl groups excluding tert-OH is 1. The van der Waals surface area contributed by atoms with Crippen molar-refractivity contribution >= 4 is 104 Å². The Balaban J connectivity index is 0.000000123. The van der Waals surface area contributed by atoms with Gasteiger partial charge in [-0.2, -0.15) is 37.3 Å². The minimum absolute atomic E-state index is 0.0262. The fourth-order valence-electron chi connectivity index (χ4n) is 16.3. The zero-order chi connectivity index (χ0) is 94.5. The van der Waals surface area contributed by atoms with E-state index >= 15 is 0 Å². The summed E-state index contributed by atoms with van der Waals surface area (Å²) in [6.07, 6.45) is 12.5. The van der Waals surface area contributed by atoms with Gasteiger partial charge in [-0.15, -0.1) is 11.3 Å². The first kappa shape index (κ1) is 92.5. The number of aryl methyl sites for hydroxylation is 4. The van der Waals surface area contributed by atoms with Gasteiger partial charge in [-0.3, -0.25) is 0 Å². The van der Waals surface area contributed by atoms with E-state index < -0.39 is 29.8 Å². The average Bonchev–Trinajstić information content (AvgIpc) is 1.64. The van der Waals surface area contributed by atoms with E-state index in [2.05, 4.69) is 74.8 Å². The second-order valence-corrected chi connectivity index (χ2v) is 35.0. The van der Waals surface area contributed by atoms with Crippen molar-refractivity contribution in [1.82, 2.24) is 58.0 Å². The predicted octanol–water partition coefficient (Wildman–Crippen LogP) is 23.2. The number of rotatable bonds is 23. The molecule has 0 aliphatic heterocycles. The van der Waals surface area contributed by atoms with Crippen molar-refractivity contribution in [2.75, 3.05) is 6.26 Å². The maximum Gasteiger partial charge on any atom is 0.355 e. The summed E-state index contributed by atoms with van der Waals surface area (Å²) in [5, 5.41) is 83.3. The molecule has 135 heavy (non-hydrogen) atoms. The molecule has 20 aromatic rings. The van der Waals surface area contributed by atoms with E-state index in [4.69, 9.17) is 43.6 Å². The lowest BCUT2D eigenvalue weighted by molar-refractivity contribution is 0.0680. The van der Waals surface area contributed by atoms with Crippen molar-refractivity contribution in [1.29, 1.82) is 0 Å². The number of aliphatic hydroxyl groups is 1. The first-order valence-corrected chi connectivity index (χ1v) is 46.0. The third kappa shape index (κ3) is 21.9. The Morgan fingerprint density at radius 2 is 0.704 bits per heavy atom. The van der Waals surface area contributed by atoms with Gasteiger partial charge >= 0.3 is 29.8 Å². The number of carboxylic acid groups (broad SMARTS) is 5. The Hall–Kier alpha value is -15.8. The Morgan fingerprint density at radius 1 is 0.333 bits per heavy atom. The lowest BCUT2D eigenvalue weighted by Crippen LogP contribution is -2.03. The molecule has 0 saturated heterocycles.